The largest absolute Gasteiger partial charge is 0.236 e. The zero-order valence-electron chi connectivity index (χ0n) is 3.81. The van der Waals surface area contributed by atoms with Gasteiger partial charge in [0.2, 0.25) is 0 Å². The van der Waals surface area contributed by atoms with Gasteiger partial charge >= 0.3 is 0 Å². The Morgan fingerprint density at radius 1 is 1.33 bits per heavy atom. The first-order valence-corrected chi connectivity index (χ1v) is 1.97. The van der Waals surface area contributed by atoms with Gasteiger partial charge in [-0.25, -0.2) is 10.2 Å². The molecule has 6 heavy (non-hydrogen) atoms. The highest BCUT2D eigenvalue weighted by Gasteiger charge is 1.94. The van der Waals surface area contributed by atoms with E-state index in [9.17, 15) is 10.2 Å². The van der Waals surface area contributed by atoms with Crippen molar-refractivity contribution in [3.63, 3.8) is 0 Å². The molecule has 0 atom stereocenters. The maximum Gasteiger partial charge on any atom is 0.0871 e. The summed E-state index contributed by atoms with van der Waals surface area (Å²) in [5, 5.41) is 19.3. The smallest absolute Gasteiger partial charge is 0.0871 e. The Morgan fingerprint density at radius 2 is 1.67 bits per heavy atom. The van der Waals surface area contributed by atoms with Crippen LogP contribution in [0.15, 0.2) is 0 Å². The predicted molar refractivity (Wildman–Crippen MR) is 20.3 cm³/mol. The number of hydrogen-bond acceptors (Lipinski definition) is 0. The Labute approximate surface area is 37.4 Å². The van der Waals surface area contributed by atoms with Gasteiger partial charge in [0.1, 0.15) is 0 Å². The van der Waals surface area contributed by atoms with Crippen LogP contribution < -0.4 is 0 Å². The average molecular weight is 88.1 g/mol. The molecule has 0 spiro atoms. The summed E-state index contributed by atoms with van der Waals surface area (Å²) in [6.07, 6.45) is 0. The summed E-state index contributed by atoms with van der Waals surface area (Å²) in [6.45, 7) is 1.19. The Kier molecular flexibility index (Phi) is 3.08. The van der Waals surface area contributed by atoms with Crippen LogP contribution in [0.25, 0.3) is 0 Å². The van der Waals surface area contributed by atoms with Gasteiger partial charge in [0, 0.05) is 5.92 Å². The molecule has 0 rings (SSSR count). The Bertz CT molecular complexity index is 24.7. The molecule has 0 aliphatic rings. The van der Waals surface area contributed by atoms with Crippen LogP contribution in [0.3, 0.4) is 0 Å². The zero-order valence-corrected chi connectivity index (χ0v) is 3.81. The first kappa shape index (κ1) is 5.92. The van der Waals surface area contributed by atoms with E-state index in [-0.39, 0.29) is 19.1 Å². The lowest BCUT2D eigenvalue weighted by Crippen LogP contribution is -2.02. The number of hydrogen-bond donors (Lipinski definition) is 0. The van der Waals surface area contributed by atoms with Crippen LogP contribution in [-0.4, -0.2) is 13.2 Å². The summed E-state index contributed by atoms with van der Waals surface area (Å²) < 4.78 is 0. The van der Waals surface area contributed by atoms with Gasteiger partial charge < -0.3 is 0 Å². The van der Waals surface area contributed by atoms with Crippen molar-refractivity contribution < 1.29 is 10.2 Å². The maximum atomic E-state index is 9.66. The van der Waals surface area contributed by atoms with Crippen molar-refractivity contribution in [2.24, 2.45) is 5.92 Å². The fourth-order valence-electron chi connectivity index (χ4n) is 0.0481. The van der Waals surface area contributed by atoms with Gasteiger partial charge in [-0.1, -0.05) is 6.92 Å². The molecule has 0 aromatic rings. The molecule has 0 aliphatic heterocycles. The second kappa shape index (κ2) is 3.12. The van der Waals surface area contributed by atoms with E-state index in [4.69, 9.17) is 0 Å². The Hall–Kier alpha value is -0.0800. The average Bonchev–Trinajstić information content (AvgIpc) is 1.65. The van der Waals surface area contributed by atoms with Gasteiger partial charge in [0.05, 0.1) is 13.2 Å². The zero-order chi connectivity index (χ0) is 4.99. The molecule has 0 saturated heterocycles. The standard InChI is InChI=1S/C4H8O2/c1-4(2-5)3-6/h4H,2-3H2,1H3. The van der Waals surface area contributed by atoms with Crippen LogP contribution in [-0.2, 0) is 10.2 Å². The minimum atomic E-state index is -0.233. The van der Waals surface area contributed by atoms with Crippen LogP contribution in [0, 0.1) is 5.92 Å². The van der Waals surface area contributed by atoms with Gasteiger partial charge in [-0.3, -0.25) is 0 Å². The van der Waals surface area contributed by atoms with Crippen molar-refractivity contribution in [1.82, 2.24) is 0 Å². The SMILES string of the molecule is CC(C[O])C[O]. The molecule has 2 nitrogen and oxygen atoms in total. The molecule has 0 aliphatic carbocycles. The Balaban J connectivity index is 2.75. The lowest BCUT2D eigenvalue weighted by molar-refractivity contribution is 0.0792. The first-order chi connectivity index (χ1) is 2.81. The van der Waals surface area contributed by atoms with Crippen LogP contribution in [0.1, 0.15) is 6.92 Å². The molecule has 36 valence electrons. The van der Waals surface area contributed by atoms with Gasteiger partial charge in [-0.15, -0.1) is 0 Å². The Morgan fingerprint density at radius 3 is 1.67 bits per heavy atom. The van der Waals surface area contributed by atoms with Crippen molar-refractivity contribution in [2.75, 3.05) is 13.2 Å². The van der Waals surface area contributed by atoms with Crippen molar-refractivity contribution in [2.45, 2.75) is 6.92 Å². The minimum Gasteiger partial charge on any atom is -0.236 e. The normalized spacial score (nSPS) is 10.0. The maximum absolute atomic E-state index is 9.66. The molecule has 0 aromatic heterocycles. The quantitative estimate of drug-likeness (QED) is 0.471. The van der Waals surface area contributed by atoms with E-state index in [2.05, 4.69) is 0 Å². The first-order valence-electron chi connectivity index (χ1n) is 1.97. The summed E-state index contributed by atoms with van der Waals surface area (Å²) in [5.41, 5.74) is 0. The number of rotatable bonds is 2. The van der Waals surface area contributed by atoms with E-state index in [0.29, 0.717) is 0 Å². The van der Waals surface area contributed by atoms with Crippen LogP contribution in [0.4, 0.5) is 0 Å². The summed E-state index contributed by atoms with van der Waals surface area (Å²) in [7, 11) is 0. The van der Waals surface area contributed by atoms with Crippen LogP contribution in [0.2, 0.25) is 0 Å². The molecule has 0 aromatic carbocycles. The predicted octanol–water partition coefficient (Wildman–Crippen LogP) is 0.484. The van der Waals surface area contributed by atoms with E-state index in [1.807, 2.05) is 0 Å². The van der Waals surface area contributed by atoms with Crippen molar-refractivity contribution >= 4 is 0 Å². The molecular formula is C4H8O2. The molecule has 0 bridgehead atoms. The molecule has 0 heterocycles. The molecule has 2 heteroatoms. The lowest BCUT2D eigenvalue weighted by atomic mass is 10.2. The van der Waals surface area contributed by atoms with Gasteiger partial charge in [-0.2, -0.15) is 0 Å². The van der Waals surface area contributed by atoms with Crippen molar-refractivity contribution in [3.05, 3.63) is 0 Å². The van der Waals surface area contributed by atoms with Crippen LogP contribution >= 0.6 is 0 Å². The highest BCUT2D eigenvalue weighted by Crippen LogP contribution is 1.86. The fraction of sp³-hybridized carbons (Fsp3) is 1.00. The second-order valence-electron chi connectivity index (χ2n) is 1.44. The monoisotopic (exact) mass is 88.1 g/mol. The molecule has 0 unspecified atom stereocenters. The molecule has 0 fully saturated rings. The van der Waals surface area contributed by atoms with E-state index in [1.165, 1.54) is 0 Å². The topological polar surface area (TPSA) is 39.8 Å². The molecule has 0 saturated carbocycles. The van der Waals surface area contributed by atoms with Gasteiger partial charge in [0.15, 0.2) is 0 Å². The third kappa shape index (κ3) is 2.18. The van der Waals surface area contributed by atoms with Gasteiger partial charge in [-0.05, 0) is 0 Å². The van der Waals surface area contributed by atoms with Crippen molar-refractivity contribution in [1.29, 1.82) is 0 Å². The summed E-state index contributed by atoms with van der Waals surface area (Å²) in [6, 6.07) is 0. The van der Waals surface area contributed by atoms with E-state index >= 15 is 0 Å². The van der Waals surface area contributed by atoms with Gasteiger partial charge in [0.25, 0.3) is 0 Å². The molecule has 0 amide bonds. The third-order valence-electron chi connectivity index (χ3n) is 0.569. The van der Waals surface area contributed by atoms with E-state index in [1.54, 1.807) is 6.92 Å². The highest BCUT2D eigenvalue weighted by atomic mass is 16.3. The van der Waals surface area contributed by atoms with Crippen LogP contribution in [0.5, 0.6) is 0 Å². The lowest BCUT2D eigenvalue weighted by Gasteiger charge is -1.93. The van der Waals surface area contributed by atoms with E-state index < -0.39 is 0 Å². The summed E-state index contributed by atoms with van der Waals surface area (Å²) >= 11 is 0. The van der Waals surface area contributed by atoms with E-state index in [0.717, 1.165) is 0 Å². The fourth-order valence-corrected chi connectivity index (χ4v) is 0.0481. The summed E-state index contributed by atoms with van der Waals surface area (Å²) in [5.74, 6) is -0.176. The molecular weight excluding hydrogens is 80.0 g/mol. The summed E-state index contributed by atoms with van der Waals surface area (Å²) in [4.78, 5) is 0. The molecule has 2 radical (unpaired) electrons. The minimum absolute atomic E-state index is 0.176. The second-order valence-corrected chi connectivity index (χ2v) is 1.44. The van der Waals surface area contributed by atoms with Crippen molar-refractivity contribution in [3.8, 4) is 0 Å². The molecule has 0 N–H and O–H groups in total. The third-order valence-corrected chi connectivity index (χ3v) is 0.569. The highest BCUT2D eigenvalue weighted by molar-refractivity contribution is 4.41.